The second kappa shape index (κ2) is 6.18. The van der Waals surface area contributed by atoms with Crippen molar-refractivity contribution >= 4 is 23.5 Å². The molecule has 1 heterocycles. The van der Waals surface area contributed by atoms with Crippen LogP contribution in [0.25, 0.3) is 0 Å². The maximum atomic E-state index is 11.7. The molecule has 1 aliphatic rings. The molecule has 1 N–H and O–H groups in total. The highest BCUT2D eigenvalue weighted by molar-refractivity contribution is 5.95. The Balaban J connectivity index is 1.82. The number of anilines is 1. The number of carbonyl (C=O) groups is 3. The molecule has 0 radical (unpaired) electrons. The number of carbonyl (C=O) groups excluding carboxylic acids is 3. The quantitative estimate of drug-likeness (QED) is 0.830. The van der Waals surface area contributed by atoms with Crippen LogP contribution >= 0.6 is 0 Å². The Morgan fingerprint density at radius 3 is 2.55 bits per heavy atom. The molecule has 1 saturated heterocycles. The van der Waals surface area contributed by atoms with Gasteiger partial charge in [0.1, 0.15) is 6.61 Å². The molecular weight excluding hydrogens is 260 g/mol. The third-order valence-corrected chi connectivity index (χ3v) is 3.03. The first-order valence-electron chi connectivity index (χ1n) is 6.39. The SMILES string of the molecule is CC(=O)c1ccc(NC(=O)CCN2CCOC2=O)cc1. The summed E-state index contributed by atoms with van der Waals surface area (Å²) in [6.45, 7) is 2.74. The minimum Gasteiger partial charge on any atom is -0.448 e. The number of rotatable bonds is 5. The highest BCUT2D eigenvalue weighted by atomic mass is 16.6. The molecule has 1 aliphatic heterocycles. The zero-order chi connectivity index (χ0) is 14.5. The van der Waals surface area contributed by atoms with Gasteiger partial charge in [0, 0.05) is 24.2 Å². The van der Waals surface area contributed by atoms with Gasteiger partial charge < -0.3 is 15.0 Å². The number of nitrogens with one attached hydrogen (secondary N) is 1. The standard InChI is InChI=1S/C14H16N2O4/c1-10(17)11-2-4-12(5-3-11)15-13(18)6-7-16-8-9-20-14(16)19/h2-5H,6-9H2,1H3,(H,15,18). The summed E-state index contributed by atoms with van der Waals surface area (Å²) in [6, 6.07) is 6.68. The van der Waals surface area contributed by atoms with E-state index in [0.717, 1.165) is 0 Å². The molecule has 0 saturated carbocycles. The highest BCUT2D eigenvalue weighted by Gasteiger charge is 2.22. The van der Waals surface area contributed by atoms with E-state index in [0.29, 0.717) is 30.9 Å². The van der Waals surface area contributed by atoms with E-state index in [2.05, 4.69) is 5.32 Å². The number of cyclic esters (lactones) is 1. The lowest BCUT2D eigenvalue weighted by Crippen LogP contribution is -2.28. The molecule has 0 aliphatic carbocycles. The van der Waals surface area contributed by atoms with E-state index < -0.39 is 0 Å². The fourth-order valence-corrected chi connectivity index (χ4v) is 1.88. The first-order valence-corrected chi connectivity index (χ1v) is 6.39. The zero-order valence-corrected chi connectivity index (χ0v) is 11.2. The third-order valence-electron chi connectivity index (χ3n) is 3.03. The second-order valence-electron chi connectivity index (χ2n) is 4.53. The van der Waals surface area contributed by atoms with Gasteiger partial charge in [-0.2, -0.15) is 0 Å². The molecule has 0 aromatic heterocycles. The van der Waals surface area contributed by atoms with Crippen LogP contribution in [-0.2, 0) is 9.53 Å². The van der Waals surface area contributed by atoms with E-state index in [-0.39, 0.29) is 24.2 Å². The van der Waals surface area contributed by atoms with Gasteiger partial charge in [-0.15, -0.1) is 0 Å². The van der Waals surface area contributed by atoms with Gasteiger partial charge in [-0.25, -0.2) is 4.79 Å². The van der Waals surface area contributed by atoms with Crippen molar-refractivity contribution in [3.8, 4) is 0 Å². The topological polar surface area (TPSA) is 75.7 Å². The van der Waals surface area contributed by atoms with Gasteiger partial charge in [0.2, 0.25) is 5.91 Å². The van der Waals surface area contributed by atoms with Crippen molar-refractivity contribution in [1.82, 2.24) is 4.90 Å². The summed E-state index contributed by atoms with van der Waals surface area (Å²) >= 11 is 0. The number of amides is 2. The smallest absolute Gasteiger partial charge is 0.409 e. The number of ether oxygens (including phenoxy) is 1. The molecule has 106 valence electrons. The lowest BCUT2D eigenvalue weighted by atomic mass is 10.1. The summed E-state index contributed by atoms with van der Waals surface area (Å²) in [5.74, 6) is -0.198. The number of nitrogens with zero attached hydrogens (tertiary/aromatic N) is 1. The molecule has 0 spiro atoms. The van der Waals surface area contributed by atoms with Crippen molar-refractivity contribution in [3.05, 3.63) is 29.8 Å². The van der Waals surface area contributed by atoms with Gasteiger partial charge in [-0.3, -0.25) is 9.59 Å². The summed E-state index contributed by atoms with van der Waals surface area (Å²) in [5, 5.41) is 2.72. The average Bonchev–Trinajstić information content (AvgIpc) is 2.82. The van der Waals surface area contributed by atoms with Crippen molar-refractivity contribution in [3.63, 3.8) is 0 Å². The molecule has 2 rings (SSSR count). The van der Waals surface area contributed by atoms with Gasteiger partial charge >= 0.3 is 6.09 Å². The number of ketones is 1. The molecule has 6 heteroatoms. The second-order valence-corrected chi connectivity index (χ2v) is 4.53. The monoisotopic (exact) mass is 276 g/mol. The molecule has 0 atom stereocenters. The van der Waals surface area contributed by atoms with Crippen molar-refractivity contribution in [2.24, 2.45) is 0 Å². The fraction of sp³-hybridized carbons (Fsp3) is 0.357. The van der Waals surface area contributed by atoms with Gasteiger partial charge in [0.15, 0.2) is 5.78 Å². The number of Topliss-reactive ketones (excluding diaryl/α,β-unsaturated/α-hetero) is 1. The molecule has 20 heavy (non-hydrogen) atoms. The largest absolute Gasteiger partial charge is 0.448 e. The lowest BCUT2D eigenvalue weighted by Gasteiger charge is -2.12. The summed E-state index contributed by atoms with van der Waals surface area (Å²) in [4.78, 5) is 35.5. The molecule has 1 aromatic rings. The van der Waals surface area contributed by atoms with Gasteiger partial charge in [-0.1, -0.05) is 0 Å². The number of hydrogen-bond acceptors (Lipinski definition) is 4. The van der Waals surface area contributed by atoms with Crippen molar-refractivity contribution < 1.29 is 19.1 Å². The van der Waals surface area contributed by atoms with Crippen LogP contribution in [0.4, 0.5) is 10.5 Å². The molecule has 6 nitrogen and oxygen atoms in total. The third kappa shape index (κ3) is 3.57. The Hall–Kier alpha value is -2.37. The van der Waals surface area contributed by atoms with E-state index in [9.17, 15) is 14.4 Å². The predicted molar refractivity (Wildman–Crippen MR) is 72.6 cm³/mol. The van der Waals surface area contributed by atoms with Crippen LogP contribution in [0.3, 0.4) is 0 Å². The van der Waals surface area contributed by atoms with E-state index in [1.807, 2.05) is 0 Å². The summed E-state index contributed by atoms with van der Waals surface area (Å²) < 4.78 is 4.77. The van der Waals surface area contributed by atoms with Crippen LogP contribution in [0.15, 0.2) is 24.3 Å². The molecule has 0 unspecified atom stereocenters. The Bertz CT molecular complexity index is 524. The van der Waals surface area contributed by atoms with E-state index in [4.69, 9.17) is 4.74 Å². The maximum absolute atomic E-state index is 11.7. The first kappa shape index (κ1) is 14.0. The van der Waals surface area contributed by atoms with Crippen LogP contribution in [0.2, 0.25) is 0 Å². The van der Waals surface area contributed by atoms with Crippen molar-refractivity contribution in [2.45, 2.75) is 13.3 Å². The van der Waals surface area contributed by atoms with E-state index in [1.54, 1.807) is 24.3 Å². The Morgan fingerprint density at radius 1 is 1.30 bits per heavy atom. The van der Waals surface area contributed by atoms with Crippen LogP contribution in [0.1, 0.15) is 23.7 Å². The molecule has 1 aromatic carbocycles. The zero-order valence-electron chi connectivity index (χ0n) is 11.2. The van der Waals surface area contributed by atoms with Crippen LogP contribution in [0, 0.1) is 0 Å². The predicted octanol–water partition coefficient (Wildman–Crippen LogP) is 1.67. The Labute approximate surface area is 116 Å². The maximum Gasteiger partial charge on any atom is 0.409 e. The minimum atomic E-state index is -0.372. The molecule has 1 fully saturated rings. The minimum absolute atomic E-state index is 0.0181. The van der Waals surface area contributed by atoms with E-state index in [1.165, 1.54) is 11.8 Å². The summed E-state index contributed by atoms with van der Waals surface area (Å²) in [6.07, 6.45) is -0.160. The van der Waals surface area contributed by atoms with Gasteiger partial charge in [0.05, 0.1) is 6.54 Å². The van der Waals surface area contributed by atoms with Gasteiger partial charge in [-0.05, 0) is 31.2 Å². The van der Waals surface area contributed by atoms with Gasteiger partial charge in [0.25, 0.3) is 0 Å². The average molecular weight is 276 g/mol. The fourth-order valence-electron chi connectivity index (χ4n) is 1.88. The van der Waals surface area contributed by atoms with Crippen molar-refractivity contribution in [1.29, 1.82) is 0 Å². The number of benzene rings is 1. The Kier molecular flexibility index (Phi) is 4.34. The van der Waals surface area contributed by atoms with E-state index >= 15 is 0 Å². The van der Waals surface area contributed by atoms with Crippen LogP contribution in [-0.4, -0.2) is 42.4 Å². The lowest BCUT2D eigenvalue weighted by molar-refractivity contribution is -0.116. The first-order chi connectivity index (χ1) is 9.56. The normalized spacial score (nSPS) is 14.1. The Morgan fingerprint density at radius 2 is 2.00 bits per heavy atom. The van der Waals surface area contributed by atoms with Crippen LogP contribution < -0.4 is 5.32 Å². The summed E-state index contributed by atoms with van der Waals surface area (Å²) in [7, 11) is 0. The molecular formula is C14H16N2O4. The molecule has 0 bridgehead atoms. The number of hydrogen-bond donors (Lipinski definition) is 1. The highest BCUT2D eigenvalue weighted by Crippen LogP contribution is 2.11. The van der Waals surface area contributed by atoms with Crippen molar-refractivity contribution in [2.75, 3.05) is 25.0 Å². The molecule has 2 amide bonds. The summed E-state index contributed by atoms with van der Waals surface area (Å²) in [5.41, 5.74) is 1.23. The van der Waals surface area contributed by atoms with Crippen LogP contribution in [0.5, 0.6) is 0 Å².